The normalized spacial score (nSPS) is 20.1. The summed E-state index contributed by atoms with van der Waals surface area (Å²) >= 11 is 0. The summed E-state index contributed by atoms with van der Waals surface area (Å²) in [6, 6.07) is 10.7. The van der Waals surface area contributed by atoms with Crippen LogP contribution in [0.5, 0.6) is 5.75 Å². The molecule has 206 valence electrons. The van der Waals surface area contributed by atoms with Gasteiger partial charge in [0.1, 0.15) is 11.6 Å². The molecule has 5 rings (SSSR count). The summed E-state index contributed by atoms with van der Waals surface area (Å²) in [7, 11) is 3.63. The number of nitrogens with zero attached hydrogens (tertiary/aromatic N) is 5. The van der Waals surface area contributed by atoms with Crippen LogP contribution in [0.25, 0.3) is 11.1 Å². The lowest BCUT2D eigenvalue weighted by Crippen LogP contribution is -2.55. The number of morpholine rings is 1. The summed E-state index contributed by atoms with van der Waals surface area (Å²) in [5.41, 5.74) is 2.40. The SMILES string of the molecule is COc1ccccc1C(=O)Nc1cc(-c2cnc(N3CCOCC3)nc2)c(F)cc1N1C[C@@H](C)N(C)[C@@H](C)C1. The third kappa shape index (κ3) is 5.67. The van der Waals surface area contributed by atoms with Crippen molar-refractivity contribution in [1.29, 1.82) is 0 Å². The summed E-state index contributed by atoms with van der Waals surface area (Å²) in [5, 5.41) is 3.04. The number of benzene rings is 2. The fraction of sp³-hybridized carbons (Fsp3) is 0.414. The quantitative estimate of drug-likeness (QED) is 0.510. The van der Waals surface area contributed by atoms with E-state index in [0.29, 0.717) is 79.2 Å². The minimum atomic E-state index is -0.401. The Morgan fingerprint density at radius 2 is 1.72 bits per heavy atom. The van der Waals surface area contributed by atoms with Gasteiger partial charge in [-0.2, -0.15) is 0 Å². The van der Waals surface area contributed by atoms with Crippen LogP contribution in [0, 0.1) is 5.82 Å². The number of likely N-dealkylation sites (N-methyl/N-ethyl adjacent to an activating group) is 1. The highest BCUT2D eigenvalue weighted by Crippen LogP contribution is 2.36. The van der Waals surface area contributed by atoms with E-state index in [9.17, 15) is 4.79 Å². The molecule has 9 nitrogen and oxygen atoms in total. The maximum Gasteiger partial charge on any atom is 0.259 e. The number of hydrogen-bond donors (Lipinski definition) is 1. The number of nitrogens with one attached hydrogen (secondary N) is 1. The van der Waals surface area contributed by atoms with E-state index in [0.717, 1.165) is 0 Å². The van der Waals surface area contributed by atoms with Gasteiger partial charge in [0.15, 0.2) is 0 Å². The highest BCUT2D eigenvalue weighted by molar-refractivity contribution is 6.08. The topological polar surface area (TPSA) is 83.1 Å². The first-order chi connectivity index (χ1) is 18.9. The lowest BCUT2D eigenvalue weighted by molar-refractivity contribution is 0.102. The molecule has 1 aromatic heterocycles. The summed E-state index contributed by atoms with van der Waals surface area (Å²) < 4.78 is 26.5. The van der Waals surface area contributed by atoms with E-state index in [4.69, 9.17) is 9.47 Å². The molecule has 0 spiro atoms. The van der Waals surface area contributed by atoms with Crippen LogP contribution in [-0.4, -0.2) is 86.4 Å². The van der Waals surface area contributed by atoms with Gasteiger partial charge in [0.2, 0.25) is 5.95 Å². The molecule has 2 aliphatic heterocycles. The Hall–Kier alpha value is -3.76. The number of aromatic nitrogens is 2. The maximum absolute atomic E-state index is 15.7. The molecule has 1 N–H and O–H groups in total. The highest BCUT2D eigenvalue weighted by Gasteiger charge is 2.29. The zero-order valence-corrected chi connectivity index (χ0v) is 22.9. The van der Waals surface area contributed by atoms with E-state index in [-0.39, 0.29) is 18.0 Å². The van der Waals surface area contributed by atoms with Gasteiger partial charge in [-0.3, -0.25) is 9.69 Å². The van der Waals surface area contributed by atoms with Gasteiger partial charge in [0.05, 0.1) is 37.3 Å². The summed E-state index contributed by atoms with van der Waals surface area (Å²) in [5.74, 6) is 0.319. The second-order valence-corrected chi connectivity index (χ2v) is 10.1. The van der Waals surface area contributed by atoms with E-state index in [1.165, 1.54) is 13.2 Å². The lowest BCUT2D eigenvalue weighted by atomic mass is 10.0. The number of piperazine rings is 1. The first-order valence-corrected chi connectivity index (χ1v) is 13.3. The summed E-state index contributed by atoms with van der Waals surface area (Å²) in [6.45, 7) is 8.37. The van der Waals surface area contributed by atoms with Crippen LogP contribution in [0.15, 0.2) is 48.8 Å². The van der Waals surface area contributed by atoms with Gasteiger partial charge >= 0.3 is 0 Å². The molecular formula is C29H35FN6O3. The smallest absolute Gasteiger partial charge is 0.259 e. The van der Waals surface area contributed by atoms with Crippen molar-refractivity contribution in [2.75, 3.05) is 68.7 Å². The van der Waals surface area contributed by atoms with Gasteiger partial charge in [0.25, 0.3) is 5.91 Å². The molecule has 0 bridgehead atoms. The highest BCUT2D eigenvalue weighted by atomic mass is 19.1. The number of amides is 1. The Bertz CT molecular complexity index is 1300. The number of hydrogen-bond acceptors (Lipinski definition) is 8. The second kappa shape index (κ2) is 11.5. The van der Waals surface area contributed by atoms with Crippen molar-refractivity contribution < 1.29 is 18.7 Å². The van der Waals surface area contributed by atoms with Crippen LogP contribution in [-0.2, 0) is 4.74 Å². The van der Waals surface area contributed by atoms with E-state index in [1.807, 2.05) is 11.0 Å². The fourth-order valence-electron chi connectivity index (χ4n) is 5.16. The zero-order chi connectivity index (χ0) is 27.5. The van der Waals surface area contributed by atoms with E-state index in [1.54, 1.807) is 36.7 Å². The molecule has 10 heteroatoms. The number of carbonyl (C=O) groups is 1. The van der Waals surface area contributed by atoms with Gasteiger partial charge in [-0.1, -0.05) is 12.1 Å². The third-order valence-electron chi connectivity index (χ3n) is 7.63. The number of halogens is 1. The van der Waals surface area contributed by atoms with Crippen LogP contribution >= 0.6 is 0 Å². The molecule has 2 atom stereocenters. The molecular weight excluding hydrogens is 499 g/mol. The van der Waals surface area contributed by atoms with Crippen molar-refractivity contribution in [2.45, 2.75) is 25.9 Å². The molecule has 3 heterocycles. The number of ether oxygens (including phenoxy) is 2. The summed E-state index contributed by atoms with van der Waals surface area (Å²) in [4.78, 5) is 28.9. The van der Waals surface area contributed by atoms with E-state index < -0.39 is 5.82 Å². The molecule has 39 heavy (non-hydrogen) atoms. The van der Waals surface area contributed by atoms with Crippen LogP contribution in [0.4, 0.5) is 21.7 Å². The average Bonchev–Trinajstić information content (AvgIpc) is 2.96. The standard InChI is InChI=1S/C29H35FN6O3/c1-19-17-36(18-20(2)34(19)3)26-14-24(30)23(21-15-31-29(32-16-21)35-9-11-39-12-10-35)13-25(26)33-28(37)22-7-5-6-8-27(22)38-4/h5-8,13-16,19-20H,9-12,17-18H2,1-4H3,(H,33,37)/t19-,20+. The van der Waals surface area contributed by atoms with Crippen molar-refractivity contribution in [2.24, 2.45) is 0 Å². The molecule has 2 fully saturated rings. The molecule has 2 aromatic carbocycles. The summed E-state index contributed by atoms with van der Waals surface area (Å²) in [6.07, 6.45) is 3.25. The van der Waals surface area contributed by atoms with Gasteiger partial charge in [-0.05, 0) is 45.2 Å². The third-order valence-corrected chi connectivity index (χ3v) is 7.63. The van der Waals surface area contributed by atoms with E-state index in [2.05, 4.69) is 46.0 Å². The minimum Gasteiger partial charge on any atom is -0.496 e. The predicted octanol–water partition coefficient (Wildman–Crippen LogP) is 3.91. The van der Waals surface area contributed by atoms with Gasteiger partial charge in [-0.15, -0.1) is 0 Å². The van der Waals surface area contributed by atoms with Crippen molar-refractivity contribution in [3.05, 3.63) is 60.2 Å². The molecule has 0 saturated carbocycles. The van der Waals surface area contributed by atoms with Crippen molar-refractivity contribution >= 4 is 23.2 Å². The van der Waals surface area contributed by atoms with Crippen LogP contribution in [0.1, 0.15) is 24.2 Å². The van der Waals surface area contributed by atoms with Gasteiger partial charge in [0, 0.05) is 61.8 Å². The molecule has 3 aromatic rings. The molecule has 0 aliphatic carbocycles. The first kappa shape index (κ1) is 26.8. The van der Waals surface area contributed by atoms with Gasteiger partial charge in [-0.25, -0.2) is 14.4 Å². The lowest BCUT2D eigenvalue weighted by Gasteiger charge is -2.44. The average molecular weight is 535 g/mol. The largest absolute Gasteiger partial charge is 0.496 e. The Kier molecular flexibility index (Phi) is 7.94. The maximum atomic E-state index is 15.7. The molecule has 0 radical (unpaired) electrons. The number of para-hydroxylation sites is 1. The molecule has 1 amide bonds. The fourth-order valence-corrected chi connectivity index (χ4v) is 5.16. The number of methoxy groups -OCH3 is 1. The molecule has 2 saturated heterocycles. The number of carbonyl (C=O) groups excluding carboxylic acids is 1. The van der Waals surface area contributed by atoms with Gasteiger partial charge < -0.3 is 24.6 Å². The second-order valence-electron chi connectivity index (χ2n) is 10.1. The Morgan fingerprint density at radius 3 is 2.38 bits per heavy atom. The first-order valence-electron chi connectivity index (χ1n) is 13.3. The monoisotopic (exact) mass is 534 g/mol. The number of anilines is 3. The predicted molar refractivity (Wildman–Crippen MR) is 150 cm³/mol. The molecule has 0 unspecified atom stereocenters. The van der Waals surface area contributed by atoms with Crippen LogP contribution < -0.4 is 19.9 Å². The van der Waals surface area contributed by atoms with E-state index >= 15 is 4.39 Å². The molecule has 2 aliphatic rings. The Morgan fingerprint density at radius 1 is 1.05 bits per heavy atom. The van der Waals surface area contributed by atoms with Crippen molar-refractivity contribution in [3.63, 3.8) is 0 Å². The zero-order valence-electron chi connectivity index (χ0n) is 22.9. The van der Waals surface area contributed by atoms with Crippen LogP contribution in [0.2, 0.25) is 0 Å². The Labute approximate surface area is 228 Å². The Balaban J connectivity index is 1.51. The number of rotatable bonds is 6. The van der Waals surface area contributed by atoms with Crippen LogP contribution in [0.3, 0.4) is 0 Å². The van der Waals surface area contributed by atoms with Crippen molar-refractivity contribution in [1.82, 2.24) is 14.9 Å². The minimum absolute atomic E-state index is 0.260. The van der Waals surface area contributed by atoms with Crippen molar-refractivity contribution in [3.8, 4) is 16.9 Å².